The first kappa shape index (κ1) is 15.8. The van der Waals surface area contributed by atoms with Gasteiger partial charge in [-0.15, -0.1) is 0 Å². The van der Waals surface area contributed by atoms with Gasteiger partial charge in [0.05, 0.1) is 5.54 Å². The molecule has 0 spiro atoms. The Labute approximate surface area is 138 Å². The molecule has 0 saturated heterocycles. The second-order valence-electron chi connectivity index (χ2n) is 6.55. The van der Waals surface area contributed by atoms with Crippen LogP contribution in [0.2, 0.25) is 0 Å². The van der Waals surface area contributed by atoms with E-state index < -0.39 is 5.54 Å². The minimum absolute atomic E-state index is 0.0675. The van der Waals surface area contributed by atoms with Crippen molar-refractivity contribution in [2.45, 2.75) is 37.8 Å². The topological polar surface area (TPSA) is 46.3 Å². The fourth-order valence-electron chi connectivity index (χ4n) is 3.48. The average Bonchev–Trinajstić information content (AvgIpc) is 3.03. The van der Waals surface area contributed by atoms with E-state index in [9.17, 15) is 4.79 Å². The lowest BCUT2D eigenvalue weighted by molar-refractivity contribution is -0.136. The van der Waals surface area contributed by atoms with E-state index in [1.165, 1.54) is 11.1 Å². The molecule has 1 saturated carbocycles. The Kier molecular flexibility index (Phi) is 4.49. The maximum atomic E-state index is 12.7. The maximum Gasteiger partial charge on any atom is 0.242 e. The highest BCUT2D eigenvalue weighted by atomic mass is 16.2. The molecule has 2 aromatic carbocycles. The van der Waals surface area contributed by atoms with Crippen LogP contribution in [0.1, 0.15) is 31.2 Å². The lowest BCUT2D eigenvalue weighted by Crippen LogP contribution is -2.52. The molecule has 3 rings (SSSR count). The normalized spacial score (nSPS) is 16.3. The lowest BCUT2D eigenvalue weighted by Gasteiger charge is -2.29. The zero-order valence-electron chi connectivity index (χ0n) is 13.7. The molecule has 3 heteroatoms. The minimum atomic E-state index is -0.656. The number of carbonyl (C=O) groups is 1. The molecule has 2 N–H and O–H groups in total. The van der Waals surface area contributed by atoms with Gasteiger partial charge >= 0.3 is 0 Å². The first-order valence-corrected chi connectivity index (χ1v) is 8.28. The third kappa shape index (κ3) is 3.30. The SMILES string of the molecule is CN(Cc1ccccc1-c1ccccc1)C(=O)C1(N)CCCC1. The predicted molar refractivity (Wildman–Crippen MR) is 93.7 cm³/mol. The number of carbonyl (C=O) groups excluding carboxylic acids is 1. The summed E-state index contributed by atoms with van der Waals surface area (Å²) in [6, 6.07) is 18.5. The van der Waals surface area contributed by atoms with E-state index in [-0.39, 0.29) is 5.91 Å². The molecular formula is C20H24N2O. The molecule has 1 aliphatic rings. The average molecular weight is 308 g/mol. The van der Waals surface area contributed by atoms with E-state index >= 15 is 0 Å². The molecule has 120 valence electrons. The third-order valence-electron chi connectivity index (χ3n) is 4.78. The van der Waals surface area contributed by atoms with Crippen LogP contribution in [0.15, 0.2) is 54.6 Å². The summed E-state index contributed by atoms with van der Waals surface area (Å²) >= 11 is 0. The summed E-state index contributed by atoms with van der Waals surface area (Å²) in [5.41, 5.74) is 9.15. The molecule has 1 amide bonds. The van der Waals surface area contributed by atoms with Crippen LogP contribution >= 0.6 is 0 Å². The van der Waals surface area contributed by atoms with Crippen molar-refractivity contribution in [3.05, 3.63) is 60.2 Å². The minimum Gasteiger partial charge on any atom is -0.340 e. The summed E-state index contributed by atoms with van der Waals surface area (Å²) in [4.78, 5) is 14.5. The van der Waals surface area contributed by atoms with Gasteiger partial charge in [0.2, 0.25) is 5.91 Å². The van der Waals surface area contributed by atoms with Crippen molar-refractivity contribution < 1.29 is 4.79 Å². The largest absolute Gasteiger partial charge is 0.340 e. The van der Waals surface area contributed by atoms with Gasteiger partial charge in [-0.1, -0.05) is 67.4 Å². The van der Waals surface area contributed by atoms with Crippen LogP contribution in [-0.2, 0) is 11.3 Å². The summed E-state index contributed by atoms with van der Waals surface area (Å²) in [6.45, 7) is 0.586. The monoisotopic (exact) mass is 308 g/mol. The lowest BCUT2D eigenvalue weighted by atomic mass is 9.96. The van der Waals surface area contributed by atoms with Gasteiger partial charge < -0.3 is 10.6 Å². The van der Waals surface area contributed by atoms with E-state index in [4.69, 9.17) is 5.73 Å². The molecule has 23 heavy (non-hydrogen) atoms. The smallest absolute Gasteiger partial charge is 0.242 e. The molecule has 1 aliphatic carbocycles. The Hall–Kier alpha value is -2.13. The molecular weight excluding hydrogens is 284 g/mol. The highest BCUT2D eigenvalue weighted by Crippen LogP contribution is 2.30. The summed E-state index contributed by atoms with van der Waals surface area (Å²) < 4.78 is 0. The van der Waals surface area contributed by atoms with Crippen LogP contribution in [0.25, 0.3) is 11.1 Å². The van der Waals surface area contributed by atoms with Crippen LogP contribution in [0.4, 0.5) is 0 Å². The highest BCUT2D eigenvalue weighted by Gasteiger charge is 2.38. The van der Waals surface area contributed by atoms with Crippen molar-refractivity contribution in [1.82, 2.24) is 4.90 Å². The second-order valence-corrected chi connectivity index (χ2v) is 6.55. The Morgan fingerprint density at radius 3 is 2.35 bits per heavy atom. The second kappa shape index (κ2) is 6.55. The molecule has 0 atom stereocenters. The van der Waals surface area contributed by atoms with Crippen LogP contribution < -0.4 is 5.73 Å². The summed E-state index contributed by atoms with van der Waals surface area (Å²) in [5, 5.41) is 0. The number of likely N-dealkylation sites (N-methyl/N-ethyl adjacent to an activating group) is 1. The fraction of sp³-hybridized carbons (Fsp3) is 0.350. The van der Waals surface area contributed by atoms with Gasteiger partial charge in [-0.3, -0.25) is 4.79 Å². The standard InChI is InChI=1S/C20H24N2O/c1-22(19(23)20(21)13-7-8-14-20)15-17-11-5-6-12-18(17)16-9-3-2-4-10-16/h2-6,9-12H,7-8,13-15,21H2,1H3. The van der Waals surface area contributed by atoms with Gasteiger partial charge in [-0.2, -0.15) is 0 Å². The molecule has 0 aliphatic heterocycles. The number of amides is 1. The highest BCUT2D eigenvalue weighted by molar-refractivity contribution is 5.86. The first-order valence-electron chi connectivity index (χ1n) is 8.28. The van der Waals surface area contributed by atoms with Crippen molar-refractivity contribution >= 4 is 5.91 Å². The van der Waals surface area contributed by atoms with Crippen LogP contribution in [0.5, 0.6) is 0 Å². The molecule has 0 heterocycles. The van der Waals surface area contributed by atoms with Crippen molar-refractivity contribution in [3.8, 4) is 11.1 Å². The molecule has 0 unspecified atom stereocenters. The molecule has 3 nitrogen and oxygen atoms in total. The summed E-state index contributed by atoms with van der Waals surface area (Å²) in [6.07, 6.45) is 3.71. The Morgan fingerprint density at radius 2 is 1.65 bits per heavy atom. The van der Waals surface area contributed by atoms with Crippen LogP contribution in [0.3, 0.4) is 0 Å². The molecule has 2 aromatic rings. The van der Waals surface area contributed by atoms with Crippen molar-refractivity contribution in [3.63, 3.8) is 0 Å². The summed E-state index contributed by atoms with van der Waals surface area (Å²) in [7, 11) is 1.86. The van der Waals surface area contributed by atoms with E-state index in [1.807, 2.05) is 37.4 Å². The van der Waals surface area contributed by atoms with Crippen molar-refractivity contribution in [2.24, 2.45) is 5.73 Å². The van der Waals surface area contributed by atoms with Crippen LogP contribution in [-0.4, -0.2) is 23.4 Å². The molecule has 0 radical (unpaired) electrons. The van der Waals surface area contributed by atoms with Gasteiger partial charge in [0.1, 0.15) is 0 Å². The van der Waals surface area contributed by atoms with Crippen LogP contribution in [0, 0.1) is 0 Å². The maximum absolute atomic E-state index is 12.7. The van der Waals surface area contributed by atoms with E-state index in [0.29, 0.717) is 6.54 Å². The summed E-state index contributed by atoms with van der Waals surface area (Å²) in [5.74, 6) is 0.0675. The zero-order chi connectivity index (χ0) is 16.3. The number of hydrogen-bond donors (Lipinski definition) is 1. The Morgan fingerprint density at radius 1 is 1.04 bits per heavy atom. The molecule has 0 aromatic heterocycles. The van der Waals surface area contributed by atoms with Gasteiger partial charge in [0.25, 0.3) is 0 Å². The molecule has 0 bridgehead atoms. The number of hydrogen-bond acceptors (Lipinski definition) is 2. The fourth-order valence-corrected chi connectivity index (χ4v) is 3.48. The number of rotatable bonds is 4. The van der Waals surface area contributed by atoms with Gasteiger partial charge in [0, 0.05) is 13.6 Å². The molecule has 1 fully saturated rings. The Balaban J connectivity index is 1.82. The third-order valence-corrected chi connectivity index (χ3v) is 4.78. The van der Waals surface area contributed by atoms with E-state index in [2.05, 4.69) is 24.3 Å². The quantitative estimate of drug-likeness (QED) is 0.938. The van der Waals surface area contributed by atoms with Gasteiger partial charge in [-0.25, -0.2) is 0 Å². The van der Waals surface area contributed by atoms with Crippen molar-refractivity contribution in [2.75, 3.05) is 7.05 Å². The number of nitrogens with two attached hydrogens (primary N) is 1. The predicted octanol–water partition coefficient (Wildman–Crippen LogP) is 3.58. The van der Waals surface area contributed by atoms with E-state index in [1.54, 1.807) is 4.90 Å². The Bertz CT molecular complexity index is 675. The zero-order valence-corrected chi connectivity index (χ0v) is 13.7. The van der Waals surface area contributed by atoms with Gasteiger partial charge in [0.15, 0.2) is 0 Å². The van der Waals surface area contributed by atoms with Crippen molar-refractivity contribution in [1.29, 1.82) is 0 Å². The van der Waals surface area contributed by atoms with E-state index in [0.717, 1.165) is 31.2 Å². The number of benzene rings is 2. The number of nitrogens with zero attached hydrogens (tertiary/aromatic N) is 1. The van der Waals surface area contributed by atoms with Gasteiger partial charge in [-0.05, 0) is 29.5 Å². The first-order chi connectivity index (χ1) is 11.1.